The fourth-order valence-corrected chi connectivity index (χ4v) is 4.10. The van der Waals surface area contributed by atoms with Crippen molar-refractivity contribution in [3.8, 4) is 0 Å². The molecule has 146 valence electrons. The Kier molecular flexibility index (Phi) is 5.53. The molecule has 7 nitrogen and oxygen atoms in total. The standard InChI is InChI=1S/C20H26N2O5/c1-13-4-5-14(2)15(12-13)17-16(6-11-27-19(24)25)20(21-18(17)23)7-9-22(26-3)10-8-20/h4-5,12H,6-11H2,1-3H3,(H,21,23)(H,24,25). The minimum atomic E-state index is -1.30. The molecule has 2 aliphatic rings. The van der Waals surface area contributed by atoms with Crippen LogP contribution < -0.4 is 5.32 Å². The molecule has 7 heteroatoms. The lowest BCUT2D eigenvalue weighted by molar-refractivity contribution is -0.150. The Balaban J connectivity index is 2.02. The molecule has 1 fully saturated rings. The molecule has 1 spiro atoms. The number of hydroxylamine groups is 2. The highest BCUT2D eigenvalue weighted by Crippen LogP contribution is 2.42. The maximum Gasteiger partial charge on any atom is 0.505 e. The smallest absolute Gasteiger partial charge is 0.450 e. The second-order valence-corrected chi connectivity index (χ2v) is 7.18. The molecule has 0 aliphatic carbocycles. The van der Waals surface area contributed by atoms with Crippen molar-refractivity contribution in [3.63, 3.8) is 0 Å². The van der Waals surface area contributed by atoms with Crippen molar-refractivity contribution in [2.75, 3.05) is 26.8 Å². The molecule has 3 rings (SSSR count). The minimum Gasteiger partial charge on any atom is -0.450 e. The van der Waals surface area contributed by atoms with Crippen LogP contribution in [0.3, 0.4) is 0 Å². The van der Waals surface area contributed by atoms with E-state index >= 15 is 0 Å². The Morgan fingerprint density at radius 3 is 2.63 bits per heavy atom. The Bertz CT molecular complexity index is 779. The van der Waals surface area contributed by atoms with Gasteiger partial charge in [-0.15, -0.1) is 0 Å². The van der Waals surface area contributed by atoms with E-state index in [0.29, 0.717) is 37.9 Å². The van der Waals surface area contributed by atoms with Crippen LogP contribution in [0.2, 0.25) is 0 Å². The van der Waals surface area contributed by atoms with Gasteiger partial charge in [-0.1, -0.05) is 23.8 Å². The van der Waals surface area contributed by atoms with Crippen LogP contribution in [-0.4, -0.2) is 54.6 Å². The molecule has 1 amide bonds. The summed E-state index contributed by atoms with van der Waals surface area (Å²) in [7, 11) is 1.64. The highest BCUT2D eigenvalue weighted by molar-refractivity contribution is 6.24. The lowest BCUT2D eigenvalue weighted by Crippen LogP contribution is -2.52. The number of aryl methyl sites for hydroxylation is 2. The number of hydrogen-bond donors (Lipinski definition) is 2. The summed E-state index contributed by atoms with van der Waals surface area (Å²) in [5, 5.41) is 13.9. The third kappa shape index (κ3) is 3.84. The molecule has 27 heavy (non-hydrogen) atoms. The van der Waals surface area contributed by atoms with Crippen LogP contribution in [0.5, 0.6) is 0 Å². The number of rotatable bonds is 5. The number of benzene rings is 1. The zero-order chi connectivity index (χ0) is 19.6. The van der Waals surface area contributed by atoms with Crippen molar-refractivity contribution < 1.29 is 24.3 Å². The Morgan fingerprint density at radius 1 is 1.30 bits per heavy atom. The molecule has 2 N–H and O–H groups in total. The van der Waals surface area contributed by atoms with E-state index in [0.717, 1.165) is 22.3 Å². The molecule has 2 heterocycles. The number of hydrogen-bond acceptors (Lipinski definition) is 5. The minimum absolute atomic E-state index is 0.0315. The second-order valence-electron chi connectivity index (χ2n) is 7.18. The van der Waals surface area contributed by atoms with E-state index in [4.69, 9.17) is 14.7 Å². The van der Waals surface area contributed by atoms with E-state index in [1.165, 1.54) is 0 Å². The van der Waals surface area contributed by atoms with Gasteiger partial charge in [0.1, 0.15) is 0 Å². The summed E-state index contributed by atoms with van der Waals surface area (Å²) < 4.78 is 4.76. The van der Waals surface area contributed by atoms with Crippen molar-refractivity contribution in [2.45, 2.75) is 38.6 Å². The maximum absolute atomic E-state index is 13.0. The van der Waals surface area contributed by atoms with Crippen LogP contribution in [0.25, 0.3) is 5.57 Å². The van der Waals surface area contributed by atoms with Gasteiger partial charge < -0.3 is 20.0 Å². The first-order valence-corrected chi connectivity index (χ1v) is 9.15. The molecule has 0 atom stereocenters. The lowest BCUT2D eigenvalue weighted by atomic mass is 9.79. The number of nitrogens with one attached hydrogen (secondary N) is 1. The molecule has 2 aliphatic heterocycles. The monoisotopic (exact) mass is 374 g/mol. The van der Waals surface area contributed by atoms with E-state index in [2.05, 4.69) is 5.32 Å². The highest BCUT2D eigenvalue weighted by Gasteiger charge is 2.47. The number of carbonyl (C=O) groups excluding carboxylic acids is 1. The summed E-state index contributed by atoms with van der Waals surface area (Å²) in [6.07, 6.45) is 0.511. The first-order valence-electron chi connectivity index (χ1n) is 9.15. The fraction of sp³-hybridized carbons (Fsp3) is 0.500. The van der Waals surface area contributed by atoms with Gasteiger partial charge in [-0.3, -0.25) is 4.79 Å². The molecule has 0 bridgehead atoms. The van der Waals surface area contributed by atoms with E-state index in [9.17, 15) is 9.59 Å². The van der Waals surface area contributed by atoms with Gasteiger partial charge in [0, 0.05) is 25.1 Å². The third-order valence-corrected chi connectivity index (χ3v) is 5.53. The van der Waals surface area contributed by atoms with Crippen molar-refractivity contribution in [2.24, 2.45) is 0 Å². The molecular formula is C20H26N2O5. The van der Waals surface area contributed by atoms with Crippen LogP contribution in [0.15, 0.2) is 23.8 Å². The van der Waals surface area contributed by atoms with Crippen LogP contribution in [-0.2, 0) is 14.4 Å². The van der Waals surface area contributed by atoms with Gasteiger partial charge >= 0.3 is 6.16 Å². The van der Waals surface area contributed by atoms with Crippen molar-refractivity contribution >= 4 is 17.6 Å². The van der Waals surface area contributed by atoms with Gasteiger partial charge in [0.15, 0.2) is 0 Å². The highest BCUT2D eigenvalue weighted by atomic mass is 16.7. The van der Waals surface area contributed by atoms with Gasteiger partial charge in [-0.25, -0.2) is 4.79 Å². The fourth-order valence-electron chi connectivity index (χ4n) is 4.10. The molecule has 0 aromatic heterocycles. The number of amides is 1. The Morgan fingerprint density at radius 2 is 2.00 bits per heavy atom. The topological polar surface area (TPSA) is 88.1 Å². The molecule has 0 saturated carbocycles. The number of piperidine rings is 1. The number of carbonyl (C=O) groups is 2. The van der Waals surface area contributed by atoms with Gasteiger partial charge in [-0.2, -0.15) is 5.06 Å². The number of ether oxygens (including phenoxy) is 1. The van der Waals surface area contributed by atoms with Gasteiger partial charge in [-0.05, 0) is 43.4 Å². The molecule has 1 aromatic rings. The van der Waals surface area contributed by atoms with Gasteiger partial charge in [0.05, 0.1) is 19.3 Å². The summed E-state index contributed by atoms with van der Waals surface area (Å²) in [4.78, 5) is 29.1. The predicted molar refractivity (Wildman–Crippen MR) is 100 cm³/mol. The van der Waals surface area contributed by atoms with Crippen LogP contribution in [0, 0.1) is 13.8 Å². The normalized spacial score (nSPS) is 19.4. The Hall–Kier alpha value is -2.38. The van der Waals surface area contributed by atoms with Gasteiger partial charge in [0.25, 0.3) is 5.91 Å². The molecule has 0 radical (unpaired) electrons. The SMILES string of the molecule is CON1CCC2(CC1)NC(=O)C(c1cc(C)ccc1C)=C2CCOC(=O)O. The number of carboxylic acid groups (broad SMARTS) is 1. The first kappa shape index (κ1) is 19.4. The maximum atomic E-state index is 13.0. The molecule has 1 aromatic carbocycles. The Labute approximate surface area is 158 Å². The van der Waals surface area contributed by atoms with Gasteiger partial charge in [0.2, 0.25) is 0 Å². The van der Waals surface area contributed by atoms with Crippen LogP contribution in [0.4, 0.5) is 4.79 Å². The van der Waals surface area contributed by atoms with Crippen molar-refractivity contribution in [1.29, 1.82) is 0 Å². The lowest BCUT2D eigenvalue weighted by Gasteiger charge is -2.40. The van der Waals surface area contributed by atoms with Crippen LogP contribution in [0.1, 0.15) is 36.0 Å². The largest absolute Gasteiger partial charge is 0.505 e. The van der Waals surface area contributed by atoms with Crippen molar-refractivity contribution in [3.05, 3.63) is 40.5 Å². The van der Waals surface area contributed by atoms with Crippen LogP contribution >= 0.6 is 0 Å². The zero-order valence-electron chi connectivity index (χ0n) is 16.0. The van der Waals surface area contributed by atoms with E-state index in [1.54, 1.807) is 7.11 Å². The molecule has 1 saturated heterocycles. The summed E-state index contributed by atoms with van der Waals surface area (Å²) in [5.74, 6) is -0.0973. The average molecular weight is 374 g/mol. The summed E-state index contributed by atoms with van der Waals surface area (Å²) >= 11 is 0. The zero-order valence-corrected chi connectivity index (χ0v) is 16.0. The second kappa shape index (κ2) is 7.70. The third-order valence-electron chi connectivity index (χ3n) is 5.53. The summed E-state index contributed by atoms with van der Waals surface area (Å²) in [6.45, 7) is 5.40. The molecule has 0 unspecified atom stereocenters. The summed E-state index contributed by atoms with van der Waals surface area (Å²) in [6, 6.07) is 6.05. The van der Waals surface area contributed by atoms with Crippen molar-refractivity contribution in [1.82, 2.24) is 10.4 Å². The average Bonchev–Trinajstić information content (AvgIpc) is 2.89. The number of nitrogens with zero attached hydrogens (tertiary/aromatic N) is 1. The quantitative estimate of drug-likeness (QED) is 0.771. The first-order chi connectivity index (χ1) is 12.9. The molecular weight excluding hydrogens is 348 g/mol. The summed E-state index contributed by atoms with van der Waals surface area (Å²) in [5.41, 5.74) is 4.14. The van der Waals surface area contributed by atoms with E-state index < -0.39 is 11.7 Å². The predicted octanol–water partition coefficient (Wildman–Crippen LogP) is 2.67. The van der Waals surface area contributed by atoms with E-state index in [-0.39, 0.29) is 12.5 Å². The van der Waals surface area contributed by atoms with E-state index in [1.807, 2.05) is 37.1 Å².